The van der Waals surface area contributed by atoms with Crippen molar-refractivity contribution in [1.82, 2.24) is 5.32 Å². The molecule has 0 radical (unpaired) electrons. The van der Waals surface area contributed by atoms with Crippen LogP contribution in [0.5, 0.6) is 0 Å². The van der Waals surface area contributed by atoms with Crippen molar-refractivity contribution < 1.29 is 9.59 Å². The first kappa shape index (κ1) is 18.5. The Labute approximate surface area is 161 Å². The number of amides is 2. The fourth-order valence-electron chi connectivity index (χ4n) is 2.47. The molecule has 1 saturated heterocycles. The molecule has 3 rings (SSSR count). The molecule has 134 valence electrons. The third kappa shape index (κ3) is 4.65. The number of nitrogens with one attached hydrogen (secondary N) is 2. The number of rotatable bonds is 5. The lowest BCUT2D eigenvalue weighted by Gasteiger charge is -2.10. The largest absolute Gasteiger partial charge is 0.326 e. The monoisotopic (exact) mass is 387 g/mol. The van der Waals surface area contributed by atoms with Crippen LogP contribution in [0.15, 0.2) is 53.5 Å². The number of benzene rings is 2. The molecular formula is C19H18ClN3O2S. The van der Waals surface area contributed by atoms with Crippen LogP contribution in [0.1, 0.15) is 17.5 Å². The first-order valence-corrected chi connectivity index (χ1v) is 9.39. The Morgan fingerprint density at radius 2 is 2.00 bits per heavy atom. The topological polar surface area (TPSA) is 70.6 Å². The van der Waals surface area contributed by atoms with Gasteiger partial charge in [-0.25, -0.2) is 0 Å². The Morgan fingerprint density at radius 1 is 1.23 bits per heavy atom. The second-order valence-electron chi connectivity index (χ2n) is 5.87. The Balaban J connectivity index is 1.57. The molecular weight excluding hydrogens is 370 g/mol. The maximum atomic E-state index is 12.3. The highest BCUT2D eigenvalue weighted by Crippen LogP contribution is 2.26. The van der Waals surface area contributed by atoms with Crippen LogP contribution in [0.2, 0.25) is 5.02 Å². The van der Waals surface area contributed by atoms with Crippen molar-refractivity contribution in [1.29, 1.82) is 0 Å². The second kappa shape index (κ2) is 8.38. The number of halogens is 1. The minimum absolute atomic E-state index is 0.0762. The minimum Gasteiger partial charge on any atom is -0.326 e. The third-order valence-electron chi connectivity index (χ3n) is 3.94. The van der Waals surface area contributed by atoms with Gasteiger partial charge in [0.25, 0.3) is 0 Å². The Bertz CT molecular complexity index is 855. The van der Waals surface area contributed by atoms with Crippen LogP contribution in [-0.4, -0.2) is 22.2 Å². The van der Waals surface area contributed by atoms with Crippen molar-refractivity contribution in [3.8, 4) is 0 Å². The van der Waals surface area contributed by atoms with E-state index in [0.29, 0.717) is 22.4 Å². The molecule has 2 aromatic rings. The van der Waals surface area contributed by atoms with E-state index in [9.17, 15) is 9.59 Å². The number of anilines is 1. The number of thioether (sulfide) groups is 1. The van der Waals surface area contributed by atoms with Crippen molar-refractivity contribution in [2.45, 2.75) is 25.1 Å². The summed E-state index contributed by atoms with van der Waals surface area (Å²) in [6.07, 6.45) is 0.0762. The molecule has 0 bridgehead atoms. The smallest absolute Gasteiger partial charge is 0.240 e. The summed E-state index contributed by atoms with van der Waals surface area (Å²) in [4.78, 5) is 28.8. The molecule has 1 fully saturated rings. The molecule has 2 amide bonds. The predicted molar refractivity (Wildman–Crippen MR) is 107 cm³/mol. The Kier molecular flexibility index (Phi) is 5.96. The van der Waals surface area contributed by atoms with Gasteiger partial charge in [-0.15, -0.1) is 0 Å². The maximum Gasteiger partial charge on any atom is 0.240 e. The number of hydrogen-bond acceptors (Lipinski definition) is 4. The molecule has 1 aliphatic heterocycles. The first-order chi connectivity index (χ1) is 12.5. The van der Waals surface area contributed by atoms with Gasteiger partial charge in [-0.2, -0.15) is 0 Å². The van der Waals surface area contributed by atoms with Crippen LogP contribution in [0, 0.1) is 6.92 Å². The summed E-state index contributed by atoms with van der Waals surface area (Å²) in [7, 11) is 0. The third-order valence-corrected chi connectivity index (χ3v) is 5.47. The van der Waals surface area contributed by atoms with E-state index in [-0.39, 0.29) is 18.2 Å². The van der Waals surface area contributed by atoms with E-state index in [1.165, 1.54) is 11.8 Å². The van der Waals surface area contributed by atoms with Crippen LogP contribution >= 0.6 is 23.4 Å². The zero-order valence-corrected chi connectivity index (χ0v) is 15.7. The molecule has 2 aromatic carbocycles. The number of nitrogens with zero attached hydrogens (tertiary/aromatic N) is 1. The molecule has 1 aliphatic rings. The molecule has 1 atom stereocenters. The molecule has 1 heterocycles. The summed E-state index contributed by atoms with van der Waals surface area (Å²) < 4.78 is 0. The van der Waals surface area contributed by atoms with Crippen molar-refractivity contribution in [3.63, 3.8) is 0 Å². The molecule has 7 heteroatoms. The fraction of sp³-hybridized carbons (Fsp3) is 0.211. The van der Waals surface area contributed by atoms with Crippen LogP contribution in [0.3, 0.4) is 0 Å². The Hall–Kier alpha value is -2.31. The zero-order chi connectivity index (χ0) is 18.5. The second-order valence-corrected chi connectivity index (χ2v) is 7.47. The van der Waals surface area contributed by atoms with Gasteiger partial charge in [-0.3, -0.25) is 14.6 Å². The maximum absolute atomic E-state index is 12.3. The van der Waals surface area contributed by atoms with Crippen LogP contribution < -0.4 is 10.6 Å². The van der Waals surface area contributed by atoms with Gasteiger partial charge in [0, 0.05) is 17.1 Å². The summed E-state index contributed by atoms with van der Waals surface area (Å²) >= 11 is 7.35. The zero-order valence-electron chi connectivity index (χ0n) is 14.2. The van der Waals surface area contributed by atoms with Crippen LogP contribution in [0.4, 0.5) is 5.69 Å². The average Bonchev–Trinajstić information content (AvgIpc) is 2.97. The summed E-state index contributed by atoms with van der Waals surface area (Å²) in [6.45, 7) is 2.33. The molecule has 26 heavy (non-hydrogen) atoms. The average molecular weight is 388 g/mol. The van der Waals surface area contributed by atoms with E-state index in [1.54, 1.807) is 18.2 Å². The van der Waals surface area contributed by atoms with E-state index in [0.717, 1.165) is 11.1 Å². The number of amidine groups is 1. The van der Waals surface area contributed by atoms with Crippen molar-refractivity contribution >= 4 is 46.0 Å². The van der Waals surface area contributed by atoms with Gasteiger partial charge in [0.05, 0.1) is 6.54 Å². The SMILES string of the molecule is Cc1c(Cl)cccc1NC(=O)C[C@@H]1SC(=NCc2ccccc2)NC1=O. The summed E-state index contributed by atoms with van der Waals surface area (Å²) in [5.41, 5.74) is 2.52. The molecule has 0 unspecified atom stereocenters. The number of hydrogen-bond donors (Lipinski definition) is 2. The van der Waals surface area contributed by atoms with Gasteiger partial charge in [0.2, 0.25) is 11.8 Å². The highest BCUT2D eigenvalue weighted by Gasteiger charge is 2.32. The lowest BCUT2D eigenvalue weighted by atomic mass is 10.2. The van der Waals surface area contributed by atoms with Crippen LogP contribution in [0.25, 0.3) is 0 Å². The van der Waals surface area contributed by atoms with E-state index >= 15 is 0 Å². The molecule has 0 spiro atoms. The van der Waals surface area contributed by atoms with E-state index in [4.69, 9.17) is 11.6 Å². The standard InChI is InChI=1S/C19H18ClN3O2S/c1-12-14(20)8-5-9-15(12)22-17(24)10-16-18(25)23-19(26-16)21-11-13-6-3-2-4-7-13/h2-9,16H,10-11H2,1H3,(H,22,24)(H,21,23,25)/t16-/m0/s1. The Morgan fingerprint density at radius 3 is 2.77 bits per heavy atom. The first-order valence-electron chi connectivity index (χ1n) is 8.14. The van der Waals surface area contributed by atoms with Crippen molar-refractivity contribution in [3.05, 3.63) is 64.7 Å². The molecule has 0 aromatic heterocycles. The number of carbonyl (C=O) groups is 2. The van der Waals surface area contributed by atoms with Gasteiger partial charge in [-0.1, -0.05) is 59.8 Å². The van der Waals surface area contributed by atoms with E-state index in [2.05, 4.69) is 15.6 Å². The molecule has 0 aliphatic carbocycles. The van der Waals surface area contributed by atoms with Gasteiger partial charge in [0.15, 0.2) is 5.17 Å². The normalized spacial score (nSPS) is 18.0. The molecule has 2 N–H and O–H groups in total. The predicted octanol–water partition coefficient (Wildman–Crippen LogP) is 3.76. The van der Waals surface area contributed by atoms with Gasteiger partial charge < -0.3 is 10.6 Å². The molecule has 5 nitrogen and oxygen atoms in total. The lowest BCUT2D eigenvalue weighted by molar-refractivity contribution is -0.122. The quantitative estimate of drug-likeness (QED) is 0.820. The van der Waals surface area contributed by atoms with Gasteiger partial charge >= 0.3 is 0 Å². The summed E-state index contributed by atoms with van der Waals surface area (Å²) in [5, 5.41) is 6.21. The lowest BCUT2D eigenvalue weighted by Crippen LogP contribution is -2.28. The van der Waals surface area contributed by atoms with Crippen molar-refractivity contribution in [2.75, 3.05) is 5.32 Å². The molecule has 0 saturated carbocycles. The summed E-state index contributed by atoms with van der Waals surface area (Å²) in [6, 6.07) is 15.1. The highest BCUT2D eigenvalue weighted by atomic mass is 35.5. The summed E-state index contributed by atoms with van der Waals surface area (Å²) in [5.74, 6) is -0.424. The fourth-order valence-corrected chi connectivity index (χ4v) is 3.62. The van der Waals surface area contributed by atoms with Crippen molar-refractivity contribution in [2.24, 2.45) is 4.99 Å². The number of carbonyl (C=O) groups excluding carboxylic acids is 2. The number of aliphatic imine (C=N–C) groups is 1. The van der Waals surface area contributed by atoms with E-state index in [1.807, 2.05) is 37.3 Å². The van der Waals surface area contributed by atoms with E-state index < -0.39 is 5.25 Å². The highest BCUT2D eigenvalue weighted by molar-refractivity contribution is 8.15. The van der Waals surface area contributed by atoms with Gasteiger partial charge in [-0.05, 0) is 30.2 Å². The van der Waals surface area contributed by atoms with Crippen LogP contribution in [-0.2, 0) is 16.1 Å². The minimum atomic E-state index is -0.482. The van der Waals surface area contributed by atoms with Gasteiger partial charge in [0.1, 0.15) is 5.25 Å².